The van der Waals surface area contributed by atoms with Gasteiger partial charge in [0, 0.05) is 6.26 Å². The smallest absolute Gasteiger partial charge is 0.279 e. The van der Waals surface area contributed by atoms with Crippen LogP contribution in [0, 0.1) is 0 Å². The number of furan rings is 1. The van der Waals surface area contributed by atoms with E-state index in [2.05, 4.69) is 5.32 Å². The molecule has 7 heteroatoms. The van der Waals surface area contributed by atoms with Crippen LogP contribution in [0.5, 0.6) is 0 Å². The lowest BCUT2D eigenvalue weighted by Gasteiger charge is -2.11. The van der Waals surface area contributed by atoms with Crippen LogP contribution in [0.25, 0.3) is 0 Å². The number of hydrogen-bond acceptors (Lipinski definition) is 4. The molecular formula is C15H19N2O4S+. The van der Waals surface area contributed by atoms with Gasteiger partial charge in [0.25, 0.3) is 5.91 Å². The van der Waals surface area contributed by atoms with Crippen molar-refractivity contribution in [3.8, 4) is 0 Å². The molecule has 0 aliphatic heterocycles. The second-order valence-corrected chi connectivity index (χ2v) is 7.04. The molecule has 2 rings (SSSR count). The van der Waals surface area contributed by atoms with E-state index in [0.717, 1.165) is 12.0 Å². The fourth-order valence-corrected chi connectivity index (χ4v) is 2.89. The maximum Gasteiger partial charge on any atom is 0.279 e. The monoisotopic (exact) mass is 323 g/mol. The highest BCUT2D eigenvalue weighted by molar-refractivity contribution is 7.90. The van der Waals surface area contributed by atoms with Gasteiger partial charge in [0.05, 0.1) is 16.8 Å². The van der Waals surface area contributed by atoms with Gasteiger partial charge < -0.3 is 15.1 Å². The van der Waals surface area contributed by atoms with Crippen LogP contribution in [0.4, 0.5) is 5.69 Å². The third-order valence-electron chi connectivity index (χ3n) is 3.21. The molecule has 0 spiro atoms. The minimum absolute atomic E-state index is 0.00546. The Morgan fingerprint density at radius 3 is 2.64 bits per heavy atom. The first kappa shape index (κ1) is 16.3. The van der Waals surface area contributed by atoms with Gasteiger partial charge in [-0.1, -0.05) is 12.1 Å². The second-order valence-electron chi connectivity index (χ2n) is 5.06. The fourth-order valence-electron chi connectivity index (χ4n) is 2.04. The summed E-state index contributed by atoms with van der Waals surface area (Å²) >= 11 is 0. The van der Waals surface area contributed by atoms with Crippen LogP contribution in [0.2, 0.25) is 0 Å². The number of benzene rings is 1. The lowest BCUT2D eigenvalue weighted by atomic mass is 10.2. The highest BCUT2D eigenvalue weighted by atomic mass is 32.2. The highest BCUT2D eigenvalue weighted by Crippen LogP contribution is 2.20. The second kappa shape index (κ2) is 6.76. The van der Waals surface area contributed by atoms with Crippen molar-refractivity contribution in [3.63, 3.8) is 0 Å². The summed E-state index contributed by atoms with van der Waals surface area (Å²) in [7, 11) is -3.39. The maximum absolute atomic E-state index is 12.0. The molecule has 118 valence electrons. The third kappa shape index (κ3) is 4.19. The molecule has 0 fully saturated rings. The molecule has 1 amide bonds. The Morgan fingerprint density at radius 2 is 2.00 bits per heavy atom. The Labute approximate surface area is 129 Å². The van der Waals surface area contributed by atoms with Crippen LogP contribution < -0.4 is 10.6 Å². The zero-order valence-electron chi connectivity index (χ0n) is 12.4. The predicted molar refractivity (Wildman–Crippen MR) is 82.1 cm³/mol. The fraction of sp³-hybridized carbons (Fsp3) is 0.267. The van der Waals surface area contributed by atoms with Crippen molar-refractivity contribution in [3.05, 3.63) is 48.4 Å². The van der Waals surface area contributed by atoms with E-state index in [1.807, 2.05) is 18.3 Å². The van der Waals surface area contributed by atoms with Gasteiger partial charge >= 0.3 is 0 Å². The largest absolute Gasteiger partial charge is 0.463 e. The molecule has 22 heavy (non-hydrogen) atoms. The molecule has 1 atom stereocenters. The Bertz CT molecular complexity index is 739. The molecule has 2 aromatic rings. The summed E-state index contributed by atoms with van der Waals surface area (Å²) in [5, 5.41) is 4.45. The third-order valence-corrected chi connectivity index (χ3v) is 4.36. The van der Waals surface area contributed by atoms with Crippen molar-refractivity contribution >= 4 is 21.4 Å². The van der Waals surface area contributed by atoms with E-state index in [1.54, 1.807) is 30.5 Å². The summed E-state index contributed by atoms with van der Waals surface area (Å²) in [6.07, 6.45) is 2.70. The number of rotatable bonds is 6. The zero-order chi connectivity index (χ0) is 16.2. The molecule has 6 nitrogen and oxygen atoms in total. The topological polar surface area (TPSA) is 93.0 Å². The van der Waals surface area contributed by atoms with Gasteiger partial charge in [0.1, 0.15) is 6.04 Å². The van der Waals surface area contributed by atoms with E-state index < -0.39 is 9.84 Å². The SMILES string of the molecule is C[C@@H]([NH2+]CC(=O)Nc1ccccc1S(C)(=O)=O)c1ccco1. The van der Waals surface area contributed by atoms with E-state index in [1.165, 1.54) is 6.07 Å². The van der Waals surface area contributed by atoms with Crippen LogP contribution in [0.1, 0.15) is 18.7 Å². The Balaban J connectivity index is 1.98. The Kier molecular flexibility index (Phi) is 4.99. The zero-order valence-corrected chi connectivity index (χ0v) is 13.3. The summed E-state index contributed by atoms with van der Waals surface area (Å²) in [5.41, 5.74) is 0.300. The molecule has 1 aromatic carbocycles. The molecule has 0 saturated heterocycles. The molecule has 0 radical (unpaired) electrons. The van der Waals surface area contributed by atoms with E-state index >= 15 is 0 Å². The number of amides is 1. The molecule has 0 aliphatic carbocycles. The van der Waals surface area contributed by atoms with Crippen LogP contribution in [0.15, 0.2) is 52.0 Å². The average Bonchev–Trinajstić information content (AvgIpc) is 2.98. The summed E-state index contributed by atoms with van der Waals surface area (Å²) in [6, 6.07) is 9.99. The molecule has 1 heterocycles. The number of nitrogens with two attached hydrogens (primary N) is 1. The van der Waals surface area contributed by atoms with Crippen LogP contribution in [-0.4, -0.2) is 27.1 Å². The molecule has 0 aliphatic rings. The minimum Gasteiger partial charge on any atom is -0.463 e. The summed E-state index contributed by atoms with van der Waals surface area (Å²) in [4.78, 5) is 12.1. The van der Waals surface area contributed by atoms with Gasteiger partial charge in [0.15, 0.2) is 22.1 Å². The van der Waals surface area contributed by atoms with Crippen LogP contribution in [-0.2, 0) is 14.6 Å². The van der Waals surface area contributed by atoms with Crippen molar-refractivity contribution in [1.82, 2.24) is 0 Å². The first-order valence-electron chi connectivity index (χ1n) is 6.83. The first-order chi connectivity index (χ1) is 10.4. The minimum atomic E-state index is -3.39. The van der Waals surface area contributed by atoms with Crippen molar-refractivity contribution in [2.75, 3.05) is 18.1 Å². The predicted octanol–water partition coefficient (Wildman–Crippen LogP) is 0.946. The summed E-state index contributed by atoms with van der Waals surface area (Å²) in [5.74, 6) is 0.513. The molecule has 1 aromatic heterocycles. The molecule has 0 unspecified atom stereocenters. The highest BCUT2D eigenvalue weighted by Gasteiger charge is 2.17. The van der Waals surface area contributed by atoms with E-state index in [9.17, 15) is 13.2 Å². The lowest BCUT2D eigenvalue weighted by Crippen LogP contribution is -2.86. The van der Waals surface area contributed by atoms with E-state index in [-0.39, 0.29) is 23.4 Å². The van der Waals surface area contributed by atoms with Crippen molar-refractivity contribution in [2.24, 2.45) is 0 Å². The van der Waals surface area contributed by atoms with Gasteiger partial charge in [-0.25, -0.2) is 8.42 Å². The van der Waals surface area contributed by atoms with Crippen LogP contribution >= 0.6 is 0 Å². The molecular weight excluding hydrogens is 304 g/mol. The summed E-state index contributed by atoms with van der Waals surface area (Å²) in [6.45, 7) is 2.09. The molecule has 3 N–H and O–H groups in total. The van der Waals surface area contributed by atoms with Crippen molar-refractivity contribution in [2.45, 2.75) is 17.9 Å². The number of quaternary nitrogens is 1. The quantitative estimate of drug-likeness (QED) is 0.827. The summed E-state index contributed by atoms with van der Waals surface area (Å²) < 4.78 is 28.6. The standard InChI is InChI=1S/C15H18N2O4S/c1-11(13-7-5-9-21-13)16-10-15(18)17-12-6-3-4-8-14(12)22(2,19)20/h3-9,11,16H,10H2,1-2H3,(H,17,18)/p+1/t11-/m1/s1. The number of carbonyl (C=O) groups is 1. The van der Waals surface area contributed by atoms with Gasteiger partial charge in [-0.2, -0.15) is 0 Å². The normalized spacial score (nSPS) is 12.8. The average molecular weight is 323 g/mol. The van der Waals surface area contributed by atoms with E-state index in [4.69, 9.17) is 4.42 Å². The number of nitrogens with one attached hydrogen (secondary N) is 1. The molecule has 0 saturated carbocycles. The van der Waals surface area contributed by atoms with Gasteiger partial charge in [-0.05, 0) is 31.2 Å². The lowest BCUT2D eigenvalue weighted by molar-refractivity contribution is -0.684. The van der Waals surface area contributed by atoms with Gasteiger partial charge in [-0.15, -0.1) is 0 Å². The number of anilines is 1. The first-order valence-corrected chi connectivity index (χ1v) is 8.72. The number of hydrogen-bond donors (Lipinski definition) is 2. The van der Waals surface area contributed by atoms with E-state index in [0.29, 0.717) is 5.69 Å². The molecule has 0 bridgehead atoms. The Morgan fingerprint density at radius 1 is 1.27 bits per heavy atom. The number of para-hydroxylation sites is 1. The number of carbonyl (C=O) groups excluding carboxylic acids is 1. The Hall–Kier alpha value is -2.12. The number of sulfone groups is 1. The van der Waals surface area contributed by atoms with Crippen LogP contribution in [0.3, 0.4) is 0 Å². The van der Waals surface area contributed by atoms with Gasteiger partial charge in [0.2, 0.25) is 0 Å². The van der Waals surface area contributed by atoms with Crippen molar-refractivity contribution in [1.29, 1.82) is 0 Å². The maximum atomic E-state index is 12.0. The van der Waals surface area contributed by atoms with Crippen molar-refractivity contribution < 1.29 is 22.9 Å². The van der Waals surface area contributed by atoms with Gasteiger partial charge in [-0.3, -0.25) is 4.79 Å².